The van der Waals surface area contributed by atoms with Gasteiger partial charge in [-0.3, -0.25) is 0 Å². The lowest BCUT2D eigenvalue weighted by Gasteiger charge is -2.08. The standard InChI is InChI=1S/C16H15Cl2N2O2S/c1-10(2)12-4-6-15(20-19)16(8-12)23(21,22)9-11-3-5-13(17)14(18)7-11/h3-8,10H,9H2,1-2H3/q+1. The van der Waals surface area contributed by atoms with Gasteiger partial charge in [0, 0.05) is 6.07 Å². The molecule has 0 aliphatic carbocycles. The molecule has 120 valence electrons. The van der Waals surface area contributed by atoms with Crippen molar-refractivity contribution in [3.8, 4) is 0 Å². The molecule has 0 N–H and O–H groups in total. The lowest BCUT2D eigenvalue weighted by molar-refractivity contribution is 0.595. The van der Waals surface area contributed by atoms with E-state index in [-0.39, 0.29) is 22.3 Å². The Bertz CT molecular complexity index is 887. The van der Waals surface area contributed by atoms with Crippen molar-refractivity contribution < 1.29 is 8.42 Å². The maximum atomic E-state index is 12.7. The van der Waals surface area contributed by atoms with E-state index in [0.717, 1.165) is 5.56 Å². The van der Waals surface area contributed by atoms with Crippen molar-refractivity contribution in [2.45, 2.75) is 30.4 Å². The van der Waals surface area contributed by atoms with Crippen LogP contribution in [-0.2, 0) is 15.6 Å². The highest BCUT2D eigenvalue weighted by atomic mass is 35.5. The number of hydrogen-bond acceptors (Lipinski definition) is 3. The van der Waals surface area contributed by atoms with Crippen LogP contribution in [-0.4, -0.2) is 8.42 Å². The second-order valence-corrected chi connectivity index (χ2v) is 8.26. The highest BCUT2D eigenvalue weighted by Gasteiger charge is 2.27. The molecular formula is C16H15Cl2N2O2S+. The highest BCUT2D eigenvalue weighted by Crippen LogP contribution is 2.31. The fourth-order valence-corrected chi connectivity index (χ4v) is 3.99. The molecule has 0 aromatic heterocycles. The van der Waals surface area contributed by atoms with Gasteiger partial charge >= 0.3 is 5.69 Å². The van der Waals surface area contributed by atoms with Crippen molar-refractivity contribution >= 4 is 38.7 Å². The summed E-state index contributed by atoms with van der Waals surface area (Å²) in [5, 5.41) is 9.74. The molecule has 2 rings (SSSR count). The summed E-state index contributed by atoms with van der Waals surface area (Å²) in [4.78, 5) is 3.08. The maximum Gasteiger partial charge on any atom is 0.403 e. The van der Waals surface area contributed by atoms with Crippen LogP contribution in [0.1, 0.15) is 30.9 Å². The van der Waals surface area contributed by atoms with Gasteiger partial charge in [0.05, 0.1) is 15.8 Å². The zero-order valence-corrected chi connectivity index (χ0v) is 15.0. The largest absolute Gasteiger partial charge is 0.403 e. The van der Waals surface area contributed by atoms with Gasteiger partial charge in [0.2, 0.25) is 5.39 Å². The summed E-state index contributed by atoms with van der Waals surface area (Å²) in [6.07, 6.45) is 0. The van der Waals surface area contributed by atoms with Crippen LogP contribution in [0.15, 0.2) is 41.3 Å². The molecule has 0 spiro atoms. The van der Waals surface area contributed by atoms with E-state index >= 15 is 0 Å². The van der Waals surface area contributed by atoms with Crippen LogP contribution in [0.2, 0.25) is 10.0 Å². The predicted molar refractivity (Wildman–Crippen MR) is 92.6 cm³/mol. The van der Waals surface area contributed by atoms with Gasteiger partial charge in [-0.25, -0.2) is 8.42 Å². The van der Waals surface area contributed by atoms with E-state index in [9.17, 15) is 8.42 Å². The SMILES string of the molecule is CC(C)c1ccc([N+]#N)c(S(=O)(=O)Cc2ccc(Cl)c(Cl)c2)c1. The van der Waals surface area contributed by atoms with Crippen LogP contribution in [0, 0.1) is 5.39 Å². The van der Waals surface area contributed by atoms with Gasteiger partial charge in [0.15, 0.2) is 19.7 Å². The van der Waals surface area contributed by atoms with Gasteiger partial charge in [-0.05, 0) is 35.2 Å². The van der Waals surface area contributed by atoms with Crippen LogP contribution in [0.3, 0.4) is 0 Å². The van der Waals surface area contributed by atoms with E-state index in [1.807, 2.05) is 13.8 Å². The Morgan fingerprint density at radius 3 is 2.35 bits per heavy atom. The third-order valence-corrected chi connectivity index (χ3v) is 5.88. The Morgan fingerprint density at radius 2 is 1.78 bits per heavy atom. The Kier molecular flexibility index (Phi) is 5.30. The monoisotopic (exact) mass is 369 g/mol. The van der Waals surface area contributed by atoms with E-state index < -0.39 is 9.84 Å². The molecule has 0 aliphatic heterocycles. The van der Waals surface area contributed by atoms with Gasteiger partial charge in [-0.2, -0.15) is 0 Å². The van der Waals surface area contributed by atoms with E-state index in [2.05, 4.69) is 4.98 Å². The van der Waals surface area contributed by atoms with Gasteiger partial charge in [0.25, 0.3) is 0 Å². The number of diazo groups is 1. The molecule has 0 saturated heterocycles. The number of nitrogens with zero attached hydrogens (tertiary/aromatic N) is 2. The summed E-state index contributed by atoms with van der Waals surface area (Å²) in [5.74, 6) is -0.102. The first-order valence-corrected chi connectivity index (χ1v) is 9.31. The van der Waals surface area contributed by atoms with Crippen LogP contribution >= 0.6 is 23.2 Å². The van der Waals surface area contributed by atoms with Crippen molar-refractivity contribution in [1.29, 1.82) is 5.39 Å². The molecule has 0 heterocycles. The Balaban J connectivity index is 2.48. The molecule has 0 saturated carbocycles. The van der Waals surface area contributed by atoms with Crippen LogP contribution in [0.25, 0.3) is 4.98 Å². The average Bonchev–Trinajstić information content (AvgIpc) is 2.50. The summed E-state index contributed by atoms with van der Waals surface area (Å²) in [6.45, 7) is 3.92. The zero-order chi connectivity index (χ0) is 17.2. The molecule has 0 bridgehead atoms. The van der Waals surface area contributed by atoms with E-state index in [1.165, 1.54) is 12.1 Å². The molecule has 2 aromatic carbocycles. The number of benzene rings is 2. The number of sulfone groups is 1. The van der Waals surface area contributed by atoms with Crippen molar-refractivity contribution in [2.75, 3.05) is 0 Å². The Morgan fingerprint density at radius 1 is 1.09 bits per heavy atom. The van der Waals surface area contributed by atoms with E-state index in [1.54, 1.807) is 24.3 Å². The molecule has 0 aliphatic rings. The lowest BCUT2D eigenvalue weighted by Crippen LogP contribution is -2.06. The molecule has 7 heteroatoms. The van der Waals surface area contributed by atoms with E-state index in [0.29, 0.717) is 15.6 Å². The first kappa shape index (κ1) is 17.7. The van der Waals surface area contributed by atoms with Crippen LogP contribution < -0.4 is 0 Å². The van der Waals surface area contributed by atoms with Crippen LogP contribution in [0.4, 0.5) is 5.69 Å². The molecule has 2 aromatic rings. The summed E-state index contributed by atoms with van der Waals surface area (Å²) in [7, 11) is -3.70. The average molecular weight is 370 g/mol. The second kappa shape index (κ2) is 6.88. The second-order valence-electron chi connectivity index (χ2n) is 5.49. The quantitative estimate of drug-likeness (QED) is 0.661. The van der Waals surface area contributed by atoms with Gasteiger partial charge in [-0.15, -0.1) is 0 Å². The number of hydrogen-bond donors (Lipinski definition) is 0. The Labute approximate surface area is 145 Å². The summed E-state index contributed by atoms with van der Waals surface area (Å²) in [6, 6.07) is 9.47. The molecule has 23 heavy (non-hydrogen) atoms. The molecule has 4 nitrogen and oxygen atoms in total. The van der Waals surface area contributed by atoms with E-state index in [4.69, 9.17) is 28.6 Å². The fraction of sp³-hybridized carbons (Fsp3) is 0.250. The maximum absolute atomic E-state index is 12.7. The molecule has 0 atom stereocenters. The lowest BCUT2D eigenvalue weighted by atomic mass is 10.0. The topological polar surface area (TPSA) is 62.3 Å². The Hall–Kier alpha value is -1.61. The van der Waals surface area contributed by atoms with Gasteiger partial charge < -0.3 is 0 Å². The molecule has 0 unspecified atom stereocenters. The van der Waals surface area contributed by atoms with Crippen molar-refractivity contribution in [3.63, 3.8) is 0 Å². The minimum atomic E-state index is -3.70. The minimum Gasteiger partial charge on any atom is -0.223 e. The first-order chi connectivity index (χ1) is 10.7. The third-order valence-electron chi connectivity index (χ3n) is 3.43. The third kappa shape index (κ3) is 4.03. The van der Waals surface area contributed by atoms with Gasteiger partial charge in [0.1, 0.15) is 0 Å². The number of halogens is 2. The minimum absolute atomic E-state index is 0.00253. The van der Waals surface area contributed by atoms with Crippen molar-refractivity contribution in [1.82, 2.24) is 0 Å². The highest BCUT2D eigenvalue weighted by molar-refractivity contribution is 7.90. The normalized spacial score (nSPS) is 11.5. The summed E-state index contributed by atoms with van der Waals surface area (Å²) < 4.78 is 25.4. The fourth-order valence-electron chi connectivity index (χ4n) is 2.15. The summed E-state index contributed by atoms with van der Waals surface area (Å²) in [5.41, 5.74) is 1.39. The van der Waals surface area contributed by atoms with Crippen molar-refractivity contribution in [2.24, 2.45) is 0 Å². The summed E-state index contributed by atoms with van der Waals surface area (Å²) >= 11 is 11.8. The van der Waals surface area contributed by atoms with Crippen molar-refractivity contribution in [3.05, 3.63) is 62.5 Å². The first-order valence-electron chi connectivity index (χ1n) is 6.90. The molecular weight excluding hydrogens is 355 g/mol. The predicted octanol–water partition coefficient (Wildman–Crippen LogP) is 5.58. The smallest absolute Gasteiger partial charge is 0.223 e. The molecule has 0 amide bonds. The molecule has 0 radical (unpaired) electrons. The molecule has 0 fully saturated rings. The number of rotatable bonds is 4. The van der Waals surface area contributed by atoms with Crippen LogP contribution in [0.5, 0.6) is 0 Å². The zero-order valence-electron chi connectivity index (χ0n) is 12.6. The van der Waals surface area contributed by atoms with Gasteiger partial charge in [-0.1, -0.05) is 49.2 Å².